The first-order valence-corrected chi connectivity index (χ1v) is 10.4. The Bertz CT molecular complexity index is 837. The second-order valence-corrected chi connectivity index (χ2v) is 7.52. The molecule has 1 aliphatic carbocycles. The van der Waals surface area contributed by atoms with Crippen LogP contribution in [0, 0.1) is 0 Å². The van der Waals surface area contributed by atoms with E-state index in [1.807, 2.05) is 18.2 Å². The number of allylic oxidation sites excluding steroid dienone is 4. The molecule has 0 N–H and O–H groups in total. The summed E-state index contributed by atoms with van der Waals surface area (Å²) in [6.45, 7) is 4.52. The third kappa shape index (κ3) is 4.16. The van der Waals surface area contributed by atoms with Gasteiger partial charge in [0.25, 0.3) is 0 Å². The maximum Gasteiger partial charge on any atom is 0.130 e. The van der Waals surface area contributed by atoms with Crippen molar-refractivity contribution in [3.8, 4) is 11.5 Å². The maximum absolute atomic E-state index is 5.74. The molecule has 0 saturated carbocycles. The summed E-state index contributed by atoms with van der Waals surface area (Å²) >= 11 is 0. The normalized spacial score (nSPS) is 14.0. The second-order valence-electron chi connectivity index (χ2n) is 7.52. The molecular formula is C26H32O2. The van der Waals surface area contributed by atoms with E-state index in [9.17, 15) is 0 Å². The van der Waals surface area contributed by atoms with Gasteiger partial charge in [-0.1, -0.05) is 73.7 Å². The van der Waals surface area contributed by atoms with E-state index in [2.05, 4.69) is 44.2 Å². The summed E-state index contributed by atoms with van der Waals surface area (Å²) in [7, 11) is 3.47. The van der Waals surface area contributed by atoms with E-state index in [1.165, 1.54) is 48.0 Å². The Hall–Kier alpha value is -2.48. The van der Waals surface area contributed by atoms with Crippen LogP contribution >= 0.6 is 0 Å². The summed E-state index contributed by atoms with van der Waals surface area (Å²) < 4.78 is 11.5. The number of methoxy groups -OCH3 is 2. The molecule has 3 rings (SSSR count). The van der Waals surface area contributed by atoms with Crippen molar-refractivity contribution < 1.29 is 9.47 Å². The van der Waals surface area contributed by atoms with Crippen LogP contribution in [0.15, 0.2) is 59.7 Å². The van der Waals surface area contributed by atoms with Crippen molar-refractivity contribution in [3.05, 3.63) is 70.8 Å². The Morgan fingerprint density at radius 2 is 1.46 bits per heavy atom. The molecule has 28 heavy (non-hydrogen) atoms. The van der Waals surface area contributed by atoms with Crippen LogP contribution in [-0.4, -0.2) is 14.2 Å². The van der Waals surface area contributed by atoms with Gasteiger partial charge in [0.2, 0.25) is 0 Å². The van der Waals surface area contributed by atoms with Crippen molar-refractivity contribution in [1.29, 1.82) is 0 Å². The molecule has 0 amide bonds. The Balaban J connectivity index is 2.11. The minimum Gasteiger partial charge on any atom is -0.496 e. The molecule has 0 fully saturated rings. The summed E-state index contributed by atoms with van der Waals surface area (Å²) in [5.41, 5.74) is 7.96. The predicted octanol–water partition coefficient (Wildman–Crippen LogP) is 7.31. The van der Waals surface area contributed by atoms with Crippen molar-refractivity contribution in [3.63, 3.8) is 0 Å². The third-order valence-corrected chi connectivity index (χ3v) is 5.58. The highest BCUT2D eigenvalue weighted by atomic mass is 16.5. The van der Waals surface area contributed by atoms with Crippen LogP contribution in [-0.2, 0) is 0 Å². The quantitative estimate of drug-likeness (QED) is 0.427. The number of hydrogen-bond donors (Lipinski definition) is 0. The molecule has 1 aliphatic rings. The Morgan fingerprint density at radius 1 is 0.786 bits per heavy atom. The van der Waals surface area contributed by atoms with Gasteiger partial charge < -0.3 is 9.47 Å². The lowest BCUT2D eigenvalue weighted by atomic mass is 9.89. The molecule has 0 heterocycles. The molecule has 2 aromatic carbocycles. The predicted molar refractivity (Wildman–Crippen MR) is 119 cm³/mol. The Kier molecular flexibility index (Phi) is 6.97. The Labute approximate surface area is 169 Å². The second kappa shape index (κ2) is 9.64. The molecule has 2 nitrogen and oxygen atoms in total. The van der Waals surface area contributed by atoms with Gasteiger partial charge in [-0.05, 0) is 55.0 Å². The van der Waals surface area contributed by atoms with Gasteiger partial charge in [-0.3, -0.25) is 0 Å². The van der Waals surface area contributed by atoms with E-state index in [1.54, 1.807) is 19.8 Å². The highest BCUT2D eigenvalue weighted by molar-refractivity contribution is 6.11. The number of ether oxygens (including phenoxy) is 2. The van der Waals surface area contributed by atoms with E-state index in [0.717, 1.165) is 29.9 Å². The minimum absolute atomic E-state index is 0.870. The topological polar surface area (TPSA) is 18.5 Å². The van der Waals surface area contributed by atoms with Gasteiger partial charge >= 0.3 is 0 Å². The van der Waals surface area contributed by atoms with Crippen molar-refractivity contribution in [2.45, 2.75) is 52.4 Å². The lowest BCUT2D eigenvalue weighted by Gasteiger charge is -2.19. The molecule has 0 radical (unpaired) electrons. The third-order valence-electron chi connectivity index (χ3n) is 5.58. The Morgan fingerprint density at radius 3 is 2.07 bits per heavy atom. The standard InChI is InChI=1S/C26H32O2/c1-5-6-7-9-15-21-18-19(2)24(25(21)20-13-10-8-11-14-20)26-22(27-3)16-12-17-23(26)28-4/h8,10-14,16-17H,5-7,9,15,18H2,1-4H3. The zero-order valence-electron chi connectivity index (χ0n) is 17.7. The monoisotopic (exact) mass is 376 g/mol. The smallest absolute Gasteiger partial charge is 0.130 e. The largest absolute Gasteiger partial charge is 0.496 e. The lowest BCUT2D eigenvalue weighted by molar-refractivity contribution is 0.392. The average Bonchev–Trinajstić information content (AvgIpc) is 3.06. The fraction of sp³-hybridized carbons (Fsp3) is 0.385. The van der Waals surface area contributed by atoms with Crippen LogP contribution in [0.3, 0.4) is 0 Å². The van der Waals surface area contributed by atoms with Crippen molar-refractivity contribution in [2.24, 2.45) is 0 Å². The van der Waals surface area contributed by atoms with E-state index in [4.69, 9.17) is 9.47 Å². The summed E-state index contributed by atoms with van der Waals surface area (Å²) in [6.07, 6.45) is 7.33. The minimum atomic E-state index is 0.870. The van der Waals surface area contributed by atoms with E-state index in [0.29, 0.717) is 0 Å². The zero-order chi connectivity index (χ0) is 19.9. The summed E-state index contributed by atoms with van der Waals surface area (Å²) in [6, 6.07) is 16.8. The van der Waals surface area contributed by atoms with E-state index < -0.39 is 0 Å². The van der Waals surface area contributed by atoms with Gasteiger partial charge in [-0.2, -0.15) is 0 Å². The van der Waals surface area contributed by atoms with Crippen LogP contribution in [0.2, 0.25) is 0 Å². The molecule has 0 aliphatic heterocycles. The van der Waals surface area contributed by atoms with Crippen molar-refractivity contribution >= 4 is 11.1 Å². The average molecular weight is 377 g/mol. The van der Waals surface area contributed by atoms with E-state index >= 15 is 0 Å². The van der Waals surface area contributed by atoms with Crippen LogP contribution < -0.4 is 9.47 Å². The van der Waals surface area contributed by atoms with E-state index in [-0.39, 0.29) is 0 Å². The van der Waals surface area contributed by atoms with Gasteiger partial charge in [0, 0.05) is 0 Å². The molecule has 0 saturated heterocycles. The molecule has 0 unspecified atom stereocenters. The molecule has 0 atom stereocenters. The molecule has 0 bridgehead atoms. The first-order chi connectivity index (χ1) is 13.7. The summed E-state index contributed by atoms with van der Waals surface area (Å²) in [4.78, 5) is 0. The fourth-order valence-corrected chi connectivity index (χ4v) is 4.25. The maximum atomic E-state index is 5.74. The van der Waals surface area contributed by atoms with Crippen LogP contribution in [0.25, 0.3) is 11.1 Å². The number of unbranched alkanes of at least 4 members (excludes halogenated alkanes) is 3. The fourth-order valence-electron chi connectivity index (χ4n) is 4.25. The first kappa shape index (κ1) is 20.3. The van der Waals surface area contributed by atoms with Gasteiger partial charge in [-0.15, -0.1) is 0 Å². The van der Waals surface area contributed by atoms with Gasteiger partial charge in [0.15, 0.2) is 0 Å². The zero-order valence-corrected chi connectivity index (χ0v) is 17.7. The lowest BCUT2D eigenvalue weighted by Crippen LogP contribution is -1.99. The number of benzene rings is 2. The number of rotatable bonds is 9. The molecular weight excluding hydrogens is 344 g/mol. The molecule has 148 valence electrons. The van der Waals surface area contributed by atoms with Crippen LogP contribution in [0.1, 0.15) is 63.5 Å². The molecule has 2 aromatic rings. The van der Waals surface area contributed by atoms with Crippen LogP contribution in [0.5, 0.6) is 11.5 Å². The first-order valence-electron chi connectivity index (χ1n) is 10.4. The highest BCUT2D eigenvalue weighted by Crippen LogP contribution is 2.50. The molecule has 2 heteroatoms. The van der Waals surface area contributed by atoms with Gasteiger partial charge in [0.1, 0.15) is 11.5 Å². The molecule has 0 spiro atoms. The summed E-state index contributed by atoms with van der Waals surface area (Å²) in [5, 5.41) is 0. The number of hydrogen-bond acceptors (Lipinski definition) is 2. The molecule has 0 aromatic heterocycles. The summed E-state index contributed by atoms with van der Waals surface area (Å²) in [5.74, 6) is 1.74. The van der Waals surface area contributed by atoms with Gasteiger partial charge in [-0.25, -0.2) is 0 Å². The highest BCUT2D eigenvalue weighted by Gasteiger charge is 2.28. The van der Waals surface area contributed by atoms with Crippen molar-refractivity contribution in [2.75, 3.05) is 14.2 Å². The van der Waals surface area contributed by atoms with Crippen molar-refractivity contribution in [1.82, 2.24) is 0 Å². The van der Waals surface area contributed by atoms with Crippen LogP contribution in [0.4, 0.5) is 0 Å². The SMILES string of the molecule is CCCCCCC1=C(c2ccccc2)C(c2c(OC)cccc2OC)=C(C)C1. The van der Waals surface area contributed by atoms with Gasteiger partial charge in [0.05, 0.1) is 19.8 Å².